The normalized spacial score (nSPS) is 12.0. The molecule has 15 heavy (non-hydrogen) atoms. The molecule has 0 aliphatic rings. The number of halogens is 3. The van der Waals surface area contributed by atoms with Crippen LogP contribution < -0.4 is 5.73 Å². The van der Waals surface area contributed by atoms with Crippen LogP contribution in [0.2, 0.25) is 0 Å². The first-order valence-electron chi connectivity index (χ1n) is 3.89. The fourth-order valence-electron chi connectivity index (χ4n) is 1.02. The van der Waals surface area contributed by atoms with Gasteiger partial charge >= 0.3 is 0 Å². The summed E-state index contributed by atoms with van der Waals surface area (Å²) in [4.78, 5) is -0.169. The maximum atomic E-state index is 12.0. The summed E-state index contributed by atoms with van der Waals surface area (Å²) in [6.45, 7) is 0. The molecule has 0 heterocycles. The summed E-state index contributed by atoms with van der Waals surface area (Å²) in [6, 6.07) is 3.92. The molecule has 0 aromatic heterocycles. The van der Waals surface area contributed by atoms with Crippen LogP contribution in [0.25, 0.3) is 0 Å². The van der Waals surface area contributed by atoms with Crippen molar-refractivity contribution in [1.29, 1.82) is 0 Å². The molecular weight excluding hydrogens is 292 g/mol. The van der Waals surface area contributed by atoms with E-state index in [-0.39, 0.29) is 9.37 Å². The van der Waals surface area contributed by atoms with E-state index in [0.717, 1.165) is 0 Å². The van der Waals surface area contributed by atoms with Crippen LogP contribution in [0.1, 0.15) is 0 Å². The number of rotatable bonds is 3. The first-order chi connectivity index (χ1) is 6.83. The Labute approximate surface area is 94.3 Å². The van der Waals surface area contributed by atoms with Crippen molar-refractivity contribution in [2.45, 2.75) is 11.3 Å². The minimum atomic E-state index is -3.96. The molecule has 0 bridgehead atoms. The van der Waals surface area contributed by atoms with E-state index in [9.17, 15) is 17.2 Å². The predicted octanol–water partition coefficient (Wildman–Crippen LogP) is 2.07. The molecule has 84 valence electrons. The van der Waals surface area contributed by atoms with Gasteiger partial charge in [0.05, 0.1) is 4.90 Å². The summed E-state index contributed by atoms with van der Waals surface area (Å²) >= 11 is 2.97. The zero-order valence-corrected chi connectivity index (χ0v) is 9.85. The Kier molecular flexibility index (Phi) is 3.67. The molecule has 0 atom stereocenters. The van der Waals surface area contributed by atoms with Crippen LogP contribution in [0.3, 0.4) is 0 Å². The van der Waals surface area contributed by atoms with Crippen molar-refractivity contribution in [1.82, 2.24) is 0 Å². The van der Waals surface area contributed by atoms with Gasteiger partial charge in [0.1, 0.15) is 5.75 Å². The summed E-state index contributed by atoms with van der Waals surface area (Å²) in [5.74, 6) is -1.19. The maximum absolute atomic E-state index is 12.0. The summed E-state index contributed by atoms with van der Waals surface area (Å²) in [5.41, 5.74) is 5.76. The summed E-state index contributed by atoms with van der Waals surface area (Å²) in [5, 5.41) is 0. The predicted molar refractivity (Wildman–Crippen MR) is 56.6 cm³/mol. The van der Waals surface area contributed by atoms with Gasteiger partial charge in [0, 0.05) is 10.2 Å². The number of hydrogen-bond donors (Lipinski definition) is 1. The summed E-state index contributed by atoms with van der Waals surface area (Å²) in [7, 11) is -3.96. The zero-order chi connectivity index (χ0) is 11.6. The molecule has 0 spiro atoms. The lowest BCUT2D eigenvalue weighted by molar-refractivity contribution is 0.174. The lowest BCUT2D eigenvalue weighted by Gasteiger charge is -2.06. The average molecular weight is 300 g/mol. The molecule has 7 heteroatoms. The van der Waals surface area contributed by atoms with E-state index in [0.29, 0.717) is 5.69 Å². The van der Waals surface area contributed by atoms with Crippen molar-refractivity contribution < 1.29 is 17.2 Å². The Morgan fingerprint density at radius 3 is 2.47 bits per heavy atom. The minimum Gasteiger partial charge on any atom is -0.399 e. The lowest BCUT2D eigenvalue weighted by Crippen LogP contribution is -2.14. The van der Waals surface area contributed by atoms with Crippen molar-refractivity contribution in [3.63, 3.8) is 0 Å². The van der Waals surface area contributed by atoms with Gasteiger partial charge in [-0.1, -0.05) is 0 Å². The minimum absolute atomic E-state index is 0.169. The third-order valence-electron chi connectivity index (χ3n) is 1.64. The number of sulfone groups is 1. The molecule has 0 unspecified atom stereocenters. The molecule has 1 rings (SSSR count). The molecule has 3 nitrogen and oxygen atoms in total. The Bertz CT molecular complexity index is 462. The largest absolute Gasteiger partial charge is 0.399 e. The number of anilines is 1. The van der Waals surface area contributed by atoms with E-state index in [4.69, 9.17) is 5.73 Å². The van der Waals surface area contributed by atoms with Crippen LogP contribution >= 0.6 is 15.9 Å². The molecular formula is C8H8BrF2NO2S. The molecule has 0 aliphatic carbocycles. The van der Waals surface area contributed by atoms with Crippen molar-refractivity contribution in [3.05, 3.63) is 22.7 Å². The zero-order valence-electron chi connectivity index (χ0n) is 7.45. The van der Waals surface area contributed by atoms with E-state index >= 15 is 0 Å². The number of nitrogens with two attached hydrogens (primary N) is 1. The van der Waals surface area contributed by atoms with Gasteiger partial charge in [0.25, 0.3) is 6.43 Å². The summed E-state index contributed by atoms with van der Waals surface area (Å²) < 4.78 is 47.1. The molecule has 0 fully saturated rings. The van der Waals surface area contributed by atoms with Gasteiger partial charge in [-0.2, -0.15) is 0 Å². The topological polar surface area (TPSA) is 60.2 Å². The van der Waals surface area contributed by atoms with Crippen LogP contribution in [0, 0.1) is 0 Å². The fourth-order valence-corrected chi connectivity index (χ4v) is 3.30. The van der Waals surface area contributed by atoms with Gasteiger partial charge in [-0.15, -0.1) is 0 Å². The van der Waals surface area contributed by atoms with E-state index in [2.05, 4.69) is 15.9 Å². The molecule has 0 saturated carbocycles. The van der Waals surface area contributed by atoms with Gasteiger partial charge < -0.3 is 5.73 Å². The van der Waals surface area contributed by atoms with Crippen molar-refractivity contribution in [2.75, 3.05) is 11.5 Å². The van der Waals surface area contributed by atoms with E-state index in [1.165, 1.54) is 18.2 Å². The van der Waals surface area contributed by atoms with E-state index in [1.54, 1.807) is 0 Å². The van der Waals surface area contributed by atoms with Crippen molar-refractivity contribution in [3.8, 4) is 0 Å². The Morgan fingerprint density at radius 2 is 2.00 bits per heavy atom. The van der Waals surface area contributed by atoms with Crippen LogP contribution in [0.4, 0.5) is 14.5 Å². The maximum Gasteiger partial charge on any atom is 0.252 e. The van der Waals surface area contributed by atoms with Crippen LogP contribution in [-0.4, -0.2) is 20.6 Å². The van der Waals surface area contributed by atoms with Crippen LogP contribution in [0.15, 0.2) is 27.6 Å². The highest BCUT2D eigenvalue weighted by Gasteiger charge is 2.22. The van der Waals surface area contributed by atoms with Crippen LogP contribution in [0.5, 0.6) is 0 Å². The average Bonchev–Trinajstić information content (AvgIpc) is 1.99. The summed E-state index contributed by atoms with van der Waals surface area (Å²) in [6.07, 6.45) is -2.89. The monoisotopic (exact) mass is 299 g/mol. The molecule has 2 N–H and O–H groups in total. The fraction of sp³-hybridized carbons (Fsp3) is 0.250. The Balaban J connectivity index is 3.16. The molecule has 1 aromatic rings. The van der Waals surface area contributed by atoms with Gasteiger partial charge in [-0.05, 0) is 34.1 Å². The smallest absolute Gasteiger partial charge is 0.252 e. The van der Waals surface area contributed by atoms with Gasteiger partial charge in [0.15, 0.2) is 9.84 Å². The van der Waals surface area contributed by atoms with E-state index < -0.39 is 22.0 Å². The Hall–Kier alpha value is -0.690. The highest BCUT2D eigenvalue weighted by Crippen LogP contribution is 2.25. The lowest BCUT2D eigenvalue weighted by atomic mass is 10.3. The quantitative estimate of drug-likeness (QED) is 0.869. The molecule has 0 aliphatic heterocycles. The second-order valence-corrected chi connectivity index (χ2v) is 5.72. The standard InChI is InChI=1S/C8H8BrF2NO2S/c9-6-3-5(12)1-2-7(6)15(13,14)4-8(10)11/h1-3,8H,4,12H2. The van der Waals surface area contributed by atoms with Gasteiger partial charge in [-0.3, -0.25) is 0 Å². The third-order valence-corrected chi connectivity index (χ3v) is 4.27. The first kappa shape index (κ1) is 12.4. The number of benzene rings is 1. The highest BCUT2D eigenvalue weighted by molar-refractivity contribution is 9.10. The first-order valence-corrected chi connectivity index (χ1v) is 6.33. The third kappa shape index (κ3) is 3.13. The second kappa shape index (κ2) is 4.44. The van der Waals surface area contributed by atoms with Gasteiger partial charge in [-0.25, -0.2) is 17.2 Å². The molecule has 0 saturated heterocycles. The number of nitrogen functional groups attached to an aromatic ring is 1. The molecule has 0 amide bonds. The SMILES string of the molecule is Nc1ccc(S(=O)(=O)CC(F)F)c(Br)c1. The highest BCUT2D eigenvalue weighted by atomic mass is 79.9. The van der Waals surface area contributed by atoms with Crippen molar-refractivity contribution in [2.24, 2.45) is 0 Å². The second-order valence-electron chi connectivity index (χ2n) is 2.86. The van der Waals surface area contributed by atoms with E-state index in [1.807, 2.05) is 0 Å². The Morgan fingerprint density at radius 1 is 1.40 bits per heavy atom. The number of alkyl halides is 2. The van der Waals surface area contributed by atoms with Crippen LogP contribution in [-0.2, 0) is 9.84 Å². The molecule has 1 aromatic carbocycles. The van der Waals surface area contributed by atoms with Gasteiger partial charge in [0.2, 0.25) is 0 Å². The number of hydrogen-bond acceptors (Lipinski definition) is 3. The van der Waals surface area contributed by atoms with Crippen molar-refractivity contribution >= 4 is 31.5 Å². The molecule has 0 radical (unpaired) electrons.